The average molecular weight is 438 g/mol. The van der Waals surface area contributed by atoms with E-state index in [0.29, 0.717) is 5.56 Å². The molecule has 2 amide bonds. The number of benzene rings is 2. The van der Waals surface area contributed by atoms with Gasteiger partial charge in [0.25, 0.3) is 5.91 Å². The molecule has 2 unspecified atom stereocenters. The van der Waals surface area contributed by atoms with Crippen LogP contribution in [0.5, 0.6) is 11.5 Å². The number of cyclic esters (lactones) is 1. The van der Waals surface area contributed by atoms with Crippen LogP contribution >= 0.6 is 0 Å². The van der Waals surface area contributed by atoms with Crippen LogP contribution < -0.4 is 15.8 Å². The molecular formula is C20H17F3N2O6. The first-order valence-electron chi connectivity index (χ1n) is 8.99. The summed E-state index contributed by atoms with van der Waals surface area (Å²) in [5, 5.41) is 10.7. The first-order valence-corrected chi connectivity index (χ1v) is 8.99. The van der Waals surface area contributed by atoms with E-state index in [1.807, 2.05) is 5.32 Å². The van der Waals surface area contributed by atoms with Crippen LogP contribution in [-0.2, 0) is 33.3 Å². The zero-order valence-electron chi connectivity index (χ0n) is 15.8. The van der Waals surface area contributed by atoms with Crippen molar-refractivity contribution in [3.63, 3.8) is 0 Å². The van der Waals surface area contributed by atoms with E-state index in [4.69, 9.17) is 20.3 Å². The summed E-state index contributed by atoms with van der Waals surface area (Å²) in [6.45, 7) is 0. The van der Waals surface area contributed by atoms with E-state index in [-0.39, 0.29) is 24.2 Å². The number of rotatable bonds is 7. The topological polar surface area (TPSA) is 128 Å². The molecule has 0 radical (unpaired) electrons. The van der Waals surface area contributed by atoms with Gasteiger partial charge in [-0.25, -0.2) is 4.79 Å². The van der Waals surface area contributed by atoms with Gasteiger partial charge in [-0.15, -0.1) is 0 Å². The van der Waals surface area contributed by atoms with Gasteiger partial charge in [-0.05, 0) is 41.8 Å². The Morgan fingerprint density at radius 3 is 2.35 bits per heavy atom. The largest absolute Gasteiger partial charge is 0.480 e. The second-order valence-electron chi connectivity index (χ2n) is 6.81. The molecule has 31 heavy (non-hydrogen) atoms. The third-order valence-electron chi connectivity index (χ3n) is 4.46. The summed E-state index contributed by atoms with van der Waals surface area (Å²) in [5.41, 5.74) is 5.11. The van der Waals surface area contributed by atoms with Crippen LogP contribution in [0.4, 0.5) is 18.0 Å². The fourth-order valence-electron chi connectivity index (χ4n) is 2.92. The molecule has 1 heterocycles. The van der Waals surface area contributed by atoms with Gasteiger partial charge in [0, 0.05) is 6.42 Å². The van der Waals surface area contributed by atoms with Crippen molar-refractivity contribution in [1.82, 2.24) is 5.32 Å². The van der Waals surface area contributed by atoms with Crippen molar-refractivity contribution in [3.8, 4) is 11.5 Å². The van der Waals surface area contributed by atoms with Crippen LogP contribution in [0.15, 0.2) is 42.5 Å². The molecule has 0 bridgehead atoms. The third kappa shape index (κ3) is 5.51. The molecule has 0 aromatic heterocycles. The van der Waals surface area contributed by atoms with Crippen molar-refractivity contribution in [1.29, 1.82) is 0 Å². The molecule has 8 nitrogen and oxygen atoms in total. The van der Waals surface area contributed by atoms with Crippen LogP contribution in [0, 0.1) is 0 Å². The van der Waals surface area contributed by atoms with Crippen molar-refractivity contribution in [3.05, 3.63) is 59.2 Å². The molecule has 1 saturated heterocycles. The Morgan fingerprint density at radius 2 is 1.81 bits per heavy atom. The van der Waals surface area contributed by atoms with E-state index in [1.54, 1.807) is 0 Å². The molecule has 3 rings (SSSR count). The van der Waals surface area contributed by atoms with Gasteiger partial charge in [0.1, 0.15) is 17.5 Å². The number of nitrogens with one attached hydrogen (secondary N) is 1. The Balaban J connectivity index is 1.78. The zero-order chi connectivity index (χ0) is 22.8. The maximum absolute atomic E-state index is 13.6. The molecule has 0 aliphatic carbocycles. The molecule has 2 aromatic rings. The van der Waals surface area contributed by atoms with Crippen molar-refractivity contribution in [2.75, 3.05) is 0 Å². The smallest absolute Gasteiger partial charge is 0.419 e. The Bertz CT molecular complexity index is 1010. The lowest BCUT2D eigenvalue weighted by Crippen LogP contribution is -2.32. The number of aliphatic carboxylic acids is 1. The molecule has 11 heteroatoms. The summed E-state index contributed by atoms with van der Waals surface area (Å²) in [7, 11) is 0. The van der Waals surface area contributed by atoms with Crippen molar-refractivity contribution in [2.45, 2.75) is 31.2 Å². The van der Waals surface area contributed by atoms with Crippen LogP contribution in [0.3, 0.4) is 0 Å². The van der Waals surface area contributed by atoms with E-state index in [9.17, 15) is 27.6 Å². The van der Waals surface area contributed by atoms with Gasteiger partial charge >= 0.3 is 18.2 Å². The standard InChI is InChI=1S/C20H17F3N2O6/c21-20(22,23)13-7-11(9-16-17(26)25-19(29)31-16)3-6-15(13)30-12-4-1-10(2-5-12)8-14(24)18(27)28/h1-7,14,16H,8-9,24H2,(H,27,28)(H,25,26,29). The lowest BCUT2D eigenvalue weighted by Gasteiger charge is -2.16. The number of hydrogen-bond acceptors (Lipinski definition) is 6. The number of amides is 2. The third-order valence-corrected chi connectivity index (χ3v) is 4.46. The second kappa shape index (κ2) is 8.64. The van der Waals surface area contributed by atoms with Gasteiger partial charge < -0.3 is 20.3 Å². The molecule has 0 saturated carbocycles. The molecule has 1 fully saturated rings. The van der Waals surface area contributed by atoms with Crippen molar-refractivity contribution < 1.29 is 42.1 Å². The Morgan fingerprint density at radius 1 is 1.16 bits per heavy atom. The molecule has 4 N–H and O–H groups in total. The maximum Gasteiger partial charge on any atom is 0.419 e. The van der Waals surface area contributed by atoms with E-state index in [0.717, 1.165) is 12.1 Å². The molecule has 1 aliphatic rings. The SMILES string of the molecule is NC(Cc1ccc(Oc2ccc(CC3OC(=O)NC3=O)cc2C(F)(F)F)cc1)C(=O)O. The summed E-state index contributed by atoms with van der Waals surface area (Å²) in [6, 6.07) is 8.00. The molecule has 2 atom stereocenters. The molecule has 2 aromatic carbocycles. The normalized spacial score (nSPS) is 17.1. The monoisotopic (exact) mass is 438 g/mol. The molecule has 164 valence electrons. The van der Waals surface area contributed by atoms with Gasteiger partial charge in [0.15, 0.2) is 6.10 Å². The van der Waals surface area contributed by atoms with Crippen molar-refractivity contribution >= 4 is 18.0 Å². The number of carbonyl (C=O) groups excluding carboxylic acids is 2. The number of halogens is 3. The van der Waals surface area contributed by atoms with Gasteiger partial charge in [-0.1, -0.05) is 18.2 Å². The zero-order valence-corrected chi connectivity index (χ0v) is 15.8. The van der Waals surface area contributed by atoms with Crippen LogP contribution in [0.25, 0.3) is 0 Å². The number of ether oxygens (including phenoxy) is 2. The van der Waals surface area contributed by atoms with Crippen molar-refractivity contribution in [2.24, 2.45) is 5.73 Å². The van der Waals surface area contributed by atoms with Gasteiger partial charge in [-0.3, -0.25) is 14.9 Å². The van der Waals surface area contributed by atoms with E-state index >= 15 is 0 Å². The summed E-state index contributed by atoms with van der Waals surface area (Å²) < 4.78 is 50.8. The average Bonchev–Trinajstić information content (AvgIpc) is 3.00. The number of carboxylic acid groups (broad SMARTS) is 1. The first-order chi connectivity index (χ1) is 14.5. The Hall–Kier alpha value is -3.60. The number of alkyl carbamates (subject to hydrolysis) is 1. The quantitative estimate of drug-likeness (QED) is 0.606. The predicted molar refractivity (Wildman–Crippen MR) is 99.4 cm³/mol. The fraction of sp³-hybridized carbons (Fsp3) is 0.250. The lowest BCUT2D eigenvalue weighted by atomic mass is 10.0. The van der Waals surface area contributed by atoms with E-state index < -0.39 is 47.6 Å². The highest BCUT2D eigenvalue weighted by atomic mass is 19.4. The number of hydrogen-bond donors (Lipinski definition) is 3. The summed E-state index contributed by atoms with van der Waals surface area (Å²) in [4.78, 5) is 33.4. The van der Waals surface area contributed by atoms with E-state index in [2.05, 4.69) is 0 Å². The minimum absolute atomic E-state index is 0.0530. The summed E-state index contributed by atoms with van der Waals surface area (Å²) >= 11 is 0. The minimum atomic E-state index is -4.74. The fourth-order valence-corrected chi connectivity index (χ4v) is 2.92. The lowest BCUT2D eigenvalue weighted by molar-refractivity contribution is -0.139. The Labute approximate surface area is 173 Å². The van der Waals surface area contributed by atoms with Crippen LogP contribution in [0.2, 0.25) is 0 Å². The van der Waals surface area contributed by atoms with Gasteiger partial charge in [-0.2, -0.15) is 13.2 Å². The summed E-state index contributed by atoms with van der Waals surface area (Å²) in [6.07, 6.45) is -7.06. The molecule has 0 spiro atoms. The highest BCUT2D eigenvalue weighted by Crippen LogP contribution is 2.39. The highest BCUT2D eigenvalue weighted by Gasteiger charge is 2.36. The summed E-state index contributed by atoms with van der Waals surface area (Å²) in [5.74, 6) is -2.24. The number of imide groups is 1. The second-order valence-corrected chi connectivity index (χ2v) is 6.81. The number of alkyl halides is 3. The Kier molecular flexibility index (Phi) is 6.16. The van der Waals surface area contributed by atoms with Crippen LogP contribution in [-0.4, -0.2) is 35.2 Å². The number of nitrogens with two attached hydrogens (primary N) is 1. The van der Waals surface area contributed by atoms with Gasteiger partial charge in [0.05, 0.1) is 5.56 Å². The molecular weight excluding hydrogens is 421 g/mol. The highest BCUT2D eigenvalue weighted by molar-refractivity contribution is 6.00. The van der Waals surface area contributed by atoms with E-state index in [1.165, 1.54) is 30.3 Å². The van der Waals surface area contributed by atoms with Crippen LogP contribution in [0.1, 0.15) is 16.7 Å². The number of carboxylic acids is 1. The minimum Gasteiger partial charge on any atom is -0.480 e. The first kappa shape index (κ1) is 22.1. The maximum atomic E-state index is 13.6. The number of carbonyl (C=O) groups is 3. The molecule has 1 aliphatic heterocycles. The van der Waals surface area contributed by atoms with Gasteiger partial charge in [0.2, 0.25) is 0 Å². The predicted octanol–water partition coefficient (Wildman–Crippen LogP) is 2.63.